The third-order valence-corrected chi connectivity index (χ3v) is 4.24. The second kappa shape index (κ2) is 7.97. The molecule has 2 aromatic rings. The predicted octanol–water partition coefficient (Wildman–Crippen LogP) is 4.11. The number of hydrogen-bond donors (Lipinski definition) is 1. The zero-order valence-corrected chi connectivity index (χ0v) is 15.0. The van der Waals surface area contributed by atoms with Crippen LogP contribution in [0.1, 0.15) is 24.5 Å². The van der Waals surface area contributed by atoms with Gasteiger partial charge in [-0.2, -0.15) is 5.10 Å². The van der Waals surface area contributed by atoms with E-state index in [-0.39, 0.29) is 12.2 Å². The highest BCUT2D eigenvalue weighted by Crippen LogP contribution is 2.30. The molecule has 132 valence electrons. The van der Waals surface area contributed by atoms with Crippen LogP contribution in [0.5, 0.6) is 5.75 Å². The molecule has 1 aliphatic heterocycles. The number of carbonyl (C=O) groups is 1. The Kier molecular flexibility index (Phi) is 5.49. The number of carbonyl (C=O) groups excluding carboxylic acids is 1. The summed E-state index contributed by atoms with van der Waals surface area (Å²) < 4.78 is 0. The summed E-state index contributed by atoms with van der Waals surface area (Å²) in [6, 6.07) is 14.4. The average molecular weight is 368 g/mol. The first-order chi connectivity index (χ1) is 12.6. The van der Waals surface area contributed by atoms with Crippen molar-refractivity contribution in [1.82, 2.24) is 5.01 Å². The molecular formula is C20H18ClN3O2. The van der Waals surface area contributed by atoms with Gasteiger partial charge < -0.3 is 9.90 Å². The number of hydrazone groups is 1. The fourth-order valence-electron chi connectivity index (χ4n) is 2.61. The minimum Gasteiger partial charge on any atom is -0.508 e. The van der Waals surface area contributed by atoms with Gasteiger partial charge in [-0.05, 0) is 43.3 Å². The van der Waals surface area contributed by atoms with Crippen molar-refractivity contribution in [1.29, 1.82) is 0 Å². The number of benzene rings is 2. The minimum absolute atomic E-state index is 0.205. The lowest BCUT2D eigenvalue weighted by atomic mass is 10.0. The summed E-state index contributed by atoms with van der Waals surface area (Å²) >= 11 is 6.39. The Morgan fingerprint density at radius 2 is 2.00 bits per heavy atom. The first-order valence-corrected chi connectivity index (χ1v) is 8.52. The number of nitrogens with zero attached hydrogens (tertiary/aromatic N) is 3. The molecule has 0 aliphatic carbocycles. The van der Waals surface area contributed by atoms with E-state index in [9.17, 15) is 9.90 Å². The van der Waals surface area contributed by atoms with Crippen LogP contribution in [-0.2, 0) is 4.79 Å². The van der Waals surface area contributed by atoms with Gasteiger partial charge in [0.2, 0.25) is 0 Å². The van der Waals surface area contributed by atoms with Crippen molar-refractivity contribution in [2.45, 2.75) is 13.3 Å². The Bertz CT molecular complexity index is 902. The number of aldehydes is 1. The summed E-state index contributed by atoms with van der Waals surface area (Å²) in [5.74, 6) is 0.205. The van der Waals surface area contributed by atoms with Crippen molar-refractivity contribution in [3.8, 4) is 5.75 Å². The van der Waals surface area contributed by atoms with Crippen molar-refractivity contribution in [3.05, 3.63) is 70.8 Å². The number of aromatic hydroxyl groups is 1. The van der Waals surface area contributed by atoms with Gasteiger partial charge in [-0.25, -0.2) is 5.01 Å². The molecule has 0 unspecified atom stereocenters. The Morgan fingerprint density at radius 1 is 1.27 bits per heavy atom. The fourth-order valence-corrected chi connectivity index (χ4v) is 2.85. The maximum atomic E-state index is 10.7. The van der Waals surface area contributed by atoms with Crippen LogP contribution in [-0.4, -0.2) is 34.5 Å². The van der Waals surface area contributed by atoms with E-state index in [0.717, 1.165) is 28.8 Å². The predicted molar refractivity (Wildman–Crippen MR) is 105 cm³/mol. The van der Waals surface area contributed by atoms with Crippen LogP contribution >= 0.6 is 11.6 Å². The number of aliphatic imine (C=N–C) groups is 1. The molecular weight excluding hydrogens is 350 g/mol. The van der Waals surface area contributed by atoms with E-state index in [1.54, 1.807) is 24.1 Å². The van der Waals surface area contributed by atoms with E-state index in [2.05, 4.69) is 10.1 Å². The zero-order valence-electron chi connectivity index (χ0n) is 14.3. The maximum absolute atomic E-state index is 10.7. The molecule has 1 aliphatic rings. The Hall–Kier alpha value is -2.92. The first-order valence-electron chi connectivity index (χ1n) is 8.14. The first kappa shape index (κ1) is 17.9. The molecule has 0 atom stereocenters. The minimum atomic E-state index is 0.205. The van der Waals surface area contributed by atoms with Crippen molar-refractivity contribution in [3.63, 3.8) is 0 Å². The number of hydrogen-bond acceptors (Lipinski definition) is 5. The molecule has 26 heavy (non-hydrogen) atoms. The highest BCUT2D eigenvalue weighted by molar-refractivity contribution is 6.32. The summed E-state index contributed by atoms with van der Waals surface area (Å²) in [7, 11) is 0. The molecule has 1 N–H and O–H groups in total. The van der Waals surface area contributed by atoms with Gasteiger partial charge in [0.1, 0.15) is 18.7 Å². The van der Waals surface area contributed by atoms with Crippen LogP contribution in [0.15, 0.2) is 64.7 Å². The fraction of sp³-hybridized carbons (Fsp3) is 0.150. The normalized spacial score (nSPS) is 14.7. The third-order valence-electron chi connectivity index (χ3n) is 3.91. The van der Waals surface area contributed by atoms with Gasteiger partial charge in [-0.3, -0.25) is 4.99 Å². The molecule has 0 amide bonds. The summed E-state index contributed by atoms with van der Waals surface area (Å²) in [5, 5.41) is 16.3. The van der Waals surface area contributed by atoms with Gasteiger partial charge in [-0.1, -0.05) is 29.8 Å². The number of rotatable bonds is 5. The lowest BCUT2D eigenvalue weighted by Gasteiger charge is -2.26. The number of halogens is 1. The maximum Gasteiger partial charge on any atom is 0.132 e. The highest BCUT2D eigenvalue weighted by Gasteiger charge is 2.19. The van der Waals surface area contributed by atoms with Crippen molar-refractivity contribution < 1.29 is 9.90 Å². The molecule has 1 heterocycles. The van der Waals surface area contributed by atoms with Crippen LogP contribution in [0.3, 0.4) is 0 Å². The third kappa shape index (κ3) is 4.00. The highest BCUT2D eigenvalue weighted by atomic mass is 35.5. The van der Waals surface area contributed by atoms with Crippen molar-refractivity contribution in [2.75, 3.05) is 6.67 Å². The van der Waals surface area contributed by atoms with E-state index in [4.69, 9.17) is 11.6 Å². The van der Waals surface area contributed by atoms with Crippen LogP contribution in [0, 0.1) is 0 Å². The average Bonchev–Trinajstić information content (AvgIpc) is 2.63. The number of phenols is 1. The largest absolute Gasteiger partial charge is 0.508 e. The standard InChI is InChI=1S/C20H18ClN3O2/c1-14(10-11-25)23-24-13-22-19(15-6-8-16(26)9-7-15)12-20(24)17-4-2-3-5-18(17)21/h2-9,11-12,26H,10,13H2,1H3/b23-14+. The second-order valence-electron chi connectivity index (χ2n) is 5.85. The quantitative estimate of drug-likeness (QED) is 0.638. The van der Waals surface area contributed by atoms with Gasteiger partial charge in [0.15, 0.2) is 0 Å². The van der Waals surface area contributed by atoms with Crippen LogP contribution in [0.4, 0.5) is 0 Å². The molecule has 2 aromatic carbocycles. The summed E-state index contributed by atoms with van der Waals surface area (Å²) in [4.78, 5) is 15.3. The molecule has 0 saturated carbocycles. The van der Waals surface area contributed by atoms with Gasteiger partial charge in [0.05, 0.1) is 11.4 Å². The monoisotopic (exact) mass is 367 g/mol. The van der Waals surface area contributed by atoms with E-state index in [1.807, 2.05) is 42.5 Å². The second-order valence-corrected chi connectivity index (χ2v) is 6.25. The van der Waals surface area contributed by atoms with Crippen molar-refractivity contribution >= 4 is 35.0 Å². The van der Waals surface area contributed by atoms with Crippen LogP contribution in [0.2, 0.25) is 5.02 Å². The van der Waals surface area contributed by atoms with E-state index >= 15 is 0 Å². The summed E-state index contributed by atoms with van der Waals surface area (Å²) in [6.45, 7) is 2.11. The Balaban J connectivity index is 2.04. The molecule has 0 fully saturated rings. The molecule has 0 spiro atoms. The SMILES string of the molecule is C/C(CC=O)=N\N1CN=C(c2ccc(O)cc2)C=C1c1ccccc1Cl. The lowest BCUT2D eigenvalue weighted by Crippen LogP contribution is -2.24. The molecule has 0 aromatic heterocycles. The molecule has 0 radical (unpaired) electrons. The van der Waals surface area contributed by atoms with Gasteiger partial charge in [0.25, 0.3) is 0 Å². The van der Waals surface area contributed by atoms with Crippen LogP contribution in [0.25, 0.3) is 5.70 Å². The van der Waals surface area contributed by atoms with Crippen molar-refractivity contribution in [2.24, 2.45) is 10.1 Å². The van der Waals surface area contributed by atoms with Crippen LogP contribution < -0.4 is 0 Å². The Morgan fingerprint density at radius 3 is 2.69 bits per heavy atom. The van der Waals surface area contributed by atoms with E-state index < -0.39 is 0 Å². The smallest absolute Gasteiger partial charge is 0.132 e. The molecule has 6 heteroatoms. The van der Waals surface area contributed by atoms with Gasteiger partial charge in [-0.15, -0.1) is 0 Å². The Labute approximate surface area is 156 Å². The van der Waals surface area contributed by atoms with E-state index in [0.29, 0.717) is 17.4 Å². The zero-order chi connectivity index (χ0) is 18.5. The summed E-state index contributed by atoms with van der Waals surface area (Å²) in [5.41, 5.74) is 4.00. The topological polar surface area (TPSA) is 65.3 Å². The lowest BCUT2D eigenvalue weighted by molar-refractivity contribution is -0.106. The molecule has 5 nitrogen and oxygen atoms in total. The number of phenolic OH excluding ortho intramolecular Hbond substituents is 1. The van der Waals surface area contributed by atoms with Gasteiger partial charge >= 0.3 is 0 Å². The van der Waals surface area contributed by atoms with Gasteiger partial charge in [0, 0.05) is 28.3 Å². The van der Waals surface area contributed by atoms with E-state index in [1.165, 1.54) is 0 Å². The number of allylic oxidation sites excluding steroid dienone is 1. The summed E-state index contributed by atoms with van der Waals surface area (Å²) in [6.07, 6.45) is 3.00. The molecule has 0 bridgehead atoms. The molecule has 3 rings (SSSR count). The molecule has 0 saturated heterocycles.